The molecular formula is C10H11Br2N5O. The highest BCUT2D eigenvalue weighted by molar-refractivity contribution is 9.13. The minimum absolute atomic E-state index is 0.160. The molecular weight excluding hydrogens is 366 g/mol. The lowest BCUT2D eigenvalue weighted by molar-refractivity contribution is 0.0778. The fourth-order valence-electron chi connectivity index (χ4n) is 1.53. The molecule has 0 bridgehead atoms. The number of carbonyl (C=O) groups excluding carboxylic acids is 1. The molecule has 0 radical (unpaired) electrons. The number of halogens is 2. The highest BCUT2D eigenvalue weighted by Crippen LogP contribution is 2.24. The molecule has 2 rings (SSSR count). The predicted molar refractivity (Wildman–Crippen MR) is 73.0 cm³/mol. The average Bonchev–Trinajstić information content (AvgIpc) is 2.87. The van der Waals surface area contributed by atoms with Crippen molar-refractivity contribution in [1.29, 1.82) is 0 Å². The van der Waals surface area contributed by atoms with Gasteiger partial charge in [-0.3, -0.25) is 14.6 Å². The van der Waals surface area contributed by atoms with Gasteiger partial charge in [-0.2, -0.15) is 10.2 Å². The van der Waals surface area contributed by atoms with Crippen LogP contribution in [0.3, 0.4) is 0 Å². The van der Waals surface area contributed by atoms with Crippen molar-refractivity contribution in [2.24, 2.45) is 7.05 Å². The van der Waals surface area contributed by atoms with E-state index in [0.717, 1.165) is 5.56 Å². The Morgan fingerprint density at radius 1 is 1.56 bits per heavy atom. The molecule has 2 heterocycles. The van der Waals surface area contributed by atoms with E-state index in [9.17, 15) is 4.79 Å². The lowest BCUT2D eigenvalue weighted by Gasteiger charge is -2.14. The molecule has 0 aliphatic heterocycles. The molecule has 0 atom stereocenters. The summed E-state index contributed by atoms with van der Waals surface area (Å²) in [4.78, 5) is 13.7. The van der Waals surface area contributed by atoms with E-state index in [1.165, 1.54) is 0 Å². The largest absolute Gasteiger partial charge is 0.336 e. The van der Waals surface area contributed by atoms with Crippen LogP contribution in [-0.2, 0) is 13.6 Å². The second kappa shape index (κ2) is 5.23. The standard InChI is InChI=1S/C10H11Br2N5O/c1-16(4-6-3-13-17(2)5-6)10(18)8-7(11)9(12)15-14-8/h3,5H,4H2,1-2H3,(H,14,15). The first-order valence-electron chi connectivity index (χ1n) is 5.11. The molecule has 0 aliphatic carbocycles. The SMILES string of the molecule is CN(Cc1cnn(C)c1)C(=O)c1n[nH]c(Br)c1Br. The maximum Gasteiger partial charge on any atom is 0.275 e. The number of hydrogen-bond acceptors (Lipinski definition) is 3. The van der Waals surface area contributed by atoms with Crippen molar-refractivity contribution < 1.29 is 4.79 Å². The smallest absolute Gasteiger partial charge is 0.275 e. The van der Waals surface area contributed by atoms with Crippen molar-refractivity contribution in [3.05, 3.63) is 32.7 Å². The van der Waals surface area contributed by atoms with Gasteiger partial charge in [0, 0.05) is 32.4 Å². The van der Waals surface area contributed by atoms with Gasteiger partial charge in [-0.15, -0.1) is 0 Å². The quantitative estimate of drug-likeness (QED) is 0.890. The summed E-state index contributed by atoms with van der Waals surface area (Å²) in [6.45, 7) is 0.490. The summed E-state index contributed by atoms with van der Waals surface area (Å²) in [5.74, 6) is -0.160. The van der Waals surface area contributed by atoms with Gasteiger partial charge >= 0.3 is 0 Å². The van der Waals surface area contributed by atoms with Gasteiger partial charge in [-0.1, -0.05) is 0 Å². The fraction of sp³-hybridized carbons (Fsp3) is 0.300. The number of aromatic amines is 1. The van der Waals surface area contributed by atoms with Crippen LogP contribution in [0.5, 0.6) is 0 Å². The Bertz CT molecular complexity index is 577. The molecule has 0 saturated carbocycles. The van der Waals surface area contributed by atoms with Crippen molar-refractivity contribution in [1.82, 2.24) is 24.9 Å². The highest BCUT2D eigenvalue weighted by atomic mass is 79.9. The Labute approximate surface area is 121 Å². The summed E-state index contributed by atoms with van der Waals surface area (Å²) in [5.41, 5.74) is 1.33. The second-order valence-corrected chi connectivity index (χ2v) is 5.47. The second-order valence-electron chi connectivity index (χ2n) is 3.88. The zero-order chi connectivity index (χ0) is 13.3. The van der Waals surface area contributed by atoms with Crippen LogP contribution in [0.1, 0.15) is 16.1 Å². The summed E-state index contributed by atoms with van der Waals surface area (Å²) in [7, 11) is 3.57. The van der Waals surface area contributed by atoms with Crippen LogP contribution in [-0.4, -0.2) is 37.8 Å². The minimum atomic E-state index is -0.160. The maximum absolute atomic E-state index is 12.2. The molecule has 18 heavy (non-hydrogen) atoms. The van der Waals surface area contributed by atoms with Gasteiger partial charge in [0.05, 0.1) is 10.7 Å². The summed E-state index contributed by atoms with van der Waals surface area (Å²) < 4.78 is 2.99. The van der Waals surface area contributed by atoms with E-state index >= 15 is 0 Å². The number of carbonyl (C=O) groups is 1. The van der Waals surface area contributed by atoms with Crippen LogP contribution in [0.25, 0.3) is 0 Å². The Balaban J connectivity index is 2.12. The number of nitrogens with one attached hydrogen (secondary N) is 1. The molecule has 1 N–H and O–H groups in total. The van der Waals surface area contributed by atoms with Crippen molar-refractivity contribution >= 4 is 37.8 Å². The van der Waals surface area contributed by atoms with E-state index in [4.69, 9.17) is 0 Å². The van der Waals surface area contributed by atoms with Crippen molar-refractivity contribution in [2.45, 2.75) is 6.54 Å². The van der Waals surface area contributed by atoms with Crippen LogP contribution >= 0.6 is 31.9 Å². The lowest BCUT2D eigenvalue weighted by Crippen LogP contribution is -2.26. The number of amides is 1. The number of aryl methyl sites for hydroxylation is 1. The van der Waals surface area contributed by atoms with Gasteiger partial charge in [0.2, 0.25) is 0 Å². The number of rotatable bonds is 3. The van der Waals surface area contributed by atoms with Crippen molar-refractivity contribution in [3.8, 4) is 0 Å². The molecule has 1 amide bonds. The molecule has 0 aromatic carbocycles. The van der Waals surface area contributed by atoms with E-state index in [1.54, 1.807) is 22.8 Å². The lowest BCUT2D eigenvalue weighted by atomic mass is 10.3. The average molecular weight is 377 g/mol. The molecule has 0 unspecified atom stereocenters. The maximum atomic E-state index is 12.2. The topological polar surface area (TPSA) is 66.8 Å². The normalized spacial score (nSPS) is 10.7. The first-order chi connectivity index (χ1) is 8.49. The van der Waals surface area contributed by atoms with Crippen LogP contribution < -0.4 is 0 Å². The first-order valence-corrected chi connectivity index (χ1v) is 6.70. The van der Waals surface area contributed by atoms with Gasteiger partial charge in [0.1, 0.15) is 4.60 Å². The molecule has 0 saturated heterocycles. The molecule has 8 heteroatoms. The number of hydrogen-bond donors (Lipinski definition) is 1. The predicted octanol–water partition coefficient (Wildman–Crippen LogP) is 1.94. The van der Waals surface area contributed by atoms with Crippen molar-refractivity contribution in [3.63, 3.8) is 0 Å². The number of H-pyrrole nitrogens is 1. The van der Waals surface area contributed by atoms with Crippen LogP contribution in [0, 0.1) is 0 Å². The third-order valence-corrected chi connectivity index (χ3v) is 4.27. The molecule has 0 fully saturated rings. The summed E-state index contributed by atoms with van der Waals surface area (Å²) in [6, 6.07) is 0. The van der Waals surface area contributed by atoms with E-state index in [-0.39, 0.29) is 5.91 Å². The van der Waals surface area contributed by atoms with Gasteiger partial charge in [0.15, 0.2) is 5.69 Å². The van der Waals surface area contributed by atoms with Crippen molar-refractivity contribution in [2.75, 3.05) is 7.05 Å². The van der Waals surface area contributed by atoms with Gasteiger partial charge in [0.25, 0.3) is 5.91 Å². The van der Waals surface area contributed by atoms with Gasteiger partial charge in [-0.05, 0) is 31.9 Å². The summed E-state index contributed by atoms with van der Waals surface area (Å²) in [6.07, 6.45) is 3.61. The van der Waals surface area contributed by atoms with E-state index in [2.05, 4.69) is 47.2 Å². The molecule has 96 valence electrons. The van der Waals surface area contributed by atoms with Crippen LogP contribution in [0.4, 0.5) is 0 Å². The van der Waals surface area contributed by atoms with E-state index in [0.29, 0.717) is 21.3 Å². The molecule has 2 aromatic rings. The fourth-order valence-corrected chi connectivity index (χ4v) is 2.15. The molecule has 0 spiro atoms. The minimum Gasteiger partial charge on any atom is -0.336 e. The summed E-state index contributed by atoms with van der Waals surface area (Å²) >= 11 is 6.56. The van der Waals surface area contributed by atoms with Crippen LogP contribution in [0.2, 0.25) is 0 Å². The van der Waals surface area contributed by atoms with E-state index < -0.39 is 0 Å². The van der Waals surface area contributed by atoms with Gasteiger partial charge < -0.3 is 4.90 Å². The highest BCUT2D eigenvalue weighted by Gasteiger charge is 2.20. The number of aromatic nitrogens is 4. The zero-order valence-corrected chi connectivity index (χ0v) is 13.0. The third kappa shape index (κ3) is 2.64. The monoisotopic (exact) mass is 375 g/mol. The molecule has 6 nitrogen and oxygen atoms in total. The van der Waals surface area contributed by atoms with Crippen LogP contribution in [0.15, 0.2) is 21.5 Å². The zero-order valence-electron chi connectivity index (χ0n) is 9.81. The van der Waals surface area contributed by atoms with E-state index in [1.807, 2.05) is 13.2 Å². The van der Waals surface area contributed by atoms with Gasteiger partial charge in [-0.25, -0.2) is 0 Å². The number of nitrogens with zero attached hydrogens (tertiary/aromatic N) is 4. The Kier molecular flexibility index (Phi) is 3.86. The Morgan fingerprint density at radius 3 is 2.78 bits per heavy atom. The third-order valence-electron chi connectivity index (χ3n) is 2.39. The first kappa shape index (κ1) is 13.3. The Hall–Kier alpha value is -1.15. The molecule has 2 aromatic heterocycles. The Morgan fingerprint density at radius 2 is 2.28 bits per heavy atom. The molecule has 0 aliphatic rings. The summed E-state index contributed by atoms with van der Waals surface area (Å²) in [5, 5.41) is 10.7.